The van der Waals surface area contributed by atoms with E-state index in [0.29, 0.717) is 11.4 Å². The highest BCUT2D eigenvalue weighted by Crippen LogP contribution is 2.39. The Morgan fingerprint density at radius 1 is 0.329 bits per heavy atom. The number of carboxylic acid groups (broad SMARTS) is 4. The number of alkyl halides is 12. The van der Waals surface area contributed by atoms with Crippen LogP contribution in [0.5, 0.6) is 0 Å². The lowest BCUT2D eigenvalue weighted by molar-refractivity contribution is -0.329. The molecule has 21 N–H and O–H groups in total. The quantitative estimate of drug-likeness (QED) is 0.0177. The van der Waals surface area contributed by atoms with E-state index in [0.717, 1.165) is 0 Å². The molecule has 0 spiro atoms. The van der Waals surface area contributed by atoms with E-state index in [1.54, 1.807) is 206 Å². The molecule has 16 atom stereocenters. The average Bonchev–Trinajstić information content (AvgIpc) is 0.756. The summed E-state index contributed by atoms with van der Waals surface area (Å²) in [6.07, 6.45) is -55.2. The summed E-state index contributed by atoms with van der Waals surface area (Å²) in [7, 11) is 0. The Bertz CT molecular complexity index is 5240. The molecule has 3 aliphatic rings. The van der Waals surface area contributed by atoms with Crippen molar-refractivity contribution in [2.45, 2.75) is 135 Å². The monoisotopic (exact) mass is 1990 g/mol. The summed E-state index contributed by atoms with van der Waals surface area (Å²) in [5.74, 6) is -12.1. The molecule has 2 saturated heterocycles. The van der Waals surface area contributed by atoms with Gasteiger partial charge in [-0.05, 0) is 110 Å². The first-order chi connectivity index (χ1) is 66.2. The molecule has 8 aromatic carbocycles. The lowest BCUT2D eigenvalue weighted by Gasteiger charge is -2.50. The number of para-hydroxylation sites is 8. The Morgan fingerprint density at radius 2 is 0.579 bits per heavy atom. The third-order valence-corrected chi connectivity index (χ3v) is 18.4. The van der Waals surface area contributed by atoms with Gasteiger partial charge in [0.05, 0.1) is 12.1 Å². The number of nitrogens with one attached hydrogen (secondary N) is 9. The highest BCUT2D eigenvalue weighted by atomic mass is 19.4. The Kier molecular flexibility index (Phi) is 42.5. The van der Waals surface area contributed by atoms with Crippen molar-refractivity contribution in [3.05, 3.63) is 243 Å². The van der Waals surface area contributed by atoms with Crippen LogP contribution in [0.1, 0.15) is 12.8 Å². The molecule has 1 unspecified atom stereocenters. The summed E-state index contributed by atoms with van der Waals surface area (Å²) in [5.41, 5.74) is 29.2. The lowest BCUT2D eigenvalue weighted by Crippen LogP contribution is -2.71. The van der Waals surface area contributed by atoms with Crippen LogP contribution in [0.4, 0.5) is 137 Å². The molecule has 54 heteroatoms. The predicted molar refractivity (Wildman–Crippen MR) is 461 cm³/mol. The number of rotatable bonds is 26. The van der Waals surface area contributed by atoms with Gasteiger partial charge in [-0.2, -0.15) is 52.7 Å². The Labute approximate surface area is 782 Å². The van der Waals surface area contributed by atoms with E-state index >= 15 is 9.59 Å². The first kappa shape index (κ1) is 111. The molecule has 11 rings (SSSR count). The number of carbonyl (C=O) groups excluding carboxylic acids is 9. The van der Waals surface area contributed by atoms with Crippen LogP contribution in [0.25, 0.3) is 0 Å². The summed E-state index contributed by atoms with van der Waals surface area (Å²) in [5, 5.41) is 52.2. The van der Waals surface area contributed by atoms with Crippen molar-refractivity contribution in [1.82, 2.24) is 5.32 Å². The van der Waals surface area contributed by atoms with Crippen molar-refractivity contribution in [2.75, 3.05) is 62.2 Å². The number of hydrogen-bond acceptors (Lipinski definition) is 29. The topological polar surface area (TPSA) is 626 Å². The Morgan fingerprint density at radius 3 is 0.879 bits per heavy atom. The normalized spacial score (nSPS) is 20.9. The summed E-state index contributed by atoms with van der Waals surface area (Å²) in [6, 6.07) is 59.5. The van der Waals surface area contributed by atoms with Gasteiger partial charge in [0.2, 0.25) is 0 Å². The van der Waals surface area contributed by atoms with E-state index in [1.807, 2.05) is 0 Å². The van der Waals surface area contributed by atoms with Crippen LogP contribution in [-0.2, 0) is 80.8 Å². The second kappa shape index (κ2) is 53.6. The van der Waals surface area contributed by atoms with E-state index in [-0.39, 0.29) is 47.1 Å². The van der Waals surface area contributed by atoms with Gasteiger partial charge in [-0.25, -0.2) is 57.5 Å². The fourth-order valence-corrected chi connectivity index (χ4v) is 12.3. The summed E-state index contributed by atoms with van der Waals surface area (Å²) in [6.45, 7) is -1.61. The molecule has 8 aromatic rings. The fourth-order valence-electron chi connectivity index (χ4n) is 12.3. The zero-order valence-corrected chi connectivity index (χ0v) is 71.7. The molecule has 140 heavy (non-hydrogen) atoms. The molecule has 1 aliphatic carbocycles. The van der Waals surface area contributed by atoms with Crippen LogP contribution in [-0.4, -0.2) is 241 Å². The van der Waals surface area contributed by atoms with Crippen LogP contribution in [0.2, 0.25) is 0 Å². The predicted octanol–water partition coefficient (Wildman–Crippen LogP) is 12.2. The van der Waals surface area contributed by atoms with Gasteiger partial charge >= 0.3 is 97.3 Å². The van der Waals surface area contributed by atoms with Gasteiger partial charge in [0.15, 0.2) is 55.3 Å². The fraction of sp³-hybridized carbons (Fsp3) is 0.291. The van der Waals surface area contributed by atoms with Crippen LogP contribution in [0, 0.1) is 0 Å². The highest BCUT2D eigenvalue weighted by molar-refractivity contribution is 5.91. The second-order valence-electron chi connectivity index (χ2n) is 28.5. The molecule has 0 aromatic heterocycles. The third-order valence-electron chi connectivity index (χ3n) is 18.4. The molecule has 42 nitrogen and oxygen atoms in total. The Balaban J connectivity index is 0.000000828. The number of benzene rings is 8. The number of aliphatic carboxylic acids is 4. The van der Waals surface area contributed by atoms with Gasteiger partial charge in [0.25, 0.3) is 5.91 Å². The Hall–Kier alpha value is -15.9. The number of hydrogen-bond donors (Lipinski definition) is 17. The van der Waals surface area contributed by atoms with Crippen molar-refractivity contribution in [1.29, 1.82) is 0 Å². The van der Waals surface area contributed by atoms with E-state index in [9.17, 15) is 86.2 Å². The molecule has 0 radical (unpaired) electrons. The summed E-state index contributed by atoms with van der Waals surface area (Å²) in [4.78, 5) is 165. The van der Waals surface area contributed by atoms with Crippen molar-refractivity contribution < 1.29 is 192 Å². The lowest BCUT2D eigenvalue weighted by atomic mass is 9.83. The molecule has 3 fully saturated rings. The standard InChI is InChI=1S/C78H83N13O21.4C2HF3O2/c79-42-41-56(104-72(94)84-47-27-11-2-12-28-47)68(92)91-55-43-54(81)60(105-70-67(112-78(100)90-53-39-23-8-24-40-53)66(111-77(99)89-52-37-21-7-22-38-52)63(57(44-80)102-70)108-74(96)86-49-31-15-4-16-32-49)65(110-76(98)88-51-35-19-6-20-36-51)61(55)106-69-64(109-75(97)87-50-33-17-5-18-34-50)59(82)62(107-73(95)85-48-29-13-3-14-30-48)58(103-69)45-101-71(93)83-46-25-9-1-10-26-46;4*3-2(4,5)1(6)7/h1-40,54-67,69-70H,41-45,79-82H2,(H,83,93)(H,84,94)(H,85,95)(H,86,96)(H,87,97)(H,88,98)(H,89,99)(H,90,100)(H,91,92);4*(H,6,7)/t54-,55+,56?,57-,58-,59+,60+,61-,62-,63-,64-,65-,66+,67-,69-,70-;;;;/m1..../s1. The van der Waals surface area contributed by atoms with E-state index in [2.05, 4.69) is 47.9 Å². The van der Waals surface area contributed by atoms with Gasteiger partial charge in [-0.15, -0.1) is 0 Å². The van der Waals surface area contributed by atoms with Crippen molar-refractivity contribution >= 4 is 124 Å². The molecule has 754 valence electrons. The maximum atomic E-state index is 15.2. The number of anilines is 8. The highest BCUT2D eigenvalue weighted by Gasteiger charge is 2.59. The minimum absolute atomic E-state index is 0.166. The number of carbonyl (C=O) groups is 13. The zero-order valence-electron chi connectivity index (χ0n) is 71.7. The molecule has 0 bridgehead atoms. The summed E-state index contributed by atoms with van der Waals surface area (Å²) < 4.78 is 203. The number of ether oxygens (including phenoxy) is 12. The van der Waals surface area contributed by atoms with E-state index in [1.165, 1.54) is 36.4 Å². The molecule has 2 aliphatic heterocycles. The third kappa shape index (κ3) is 37.6. The summed E-state index contributed by atoms with van der Waals surface area (Å²) >= 11 is 0. The number of nitrogens with two attached hydrogens (primary N) is 4. The SMILES string of the molecule is NCCC(OC(=O)Nc1ccccc1)C(=O)N[C@H]1C[C@@H](N)[C@H](O[C@H]2O[C@H](CN)[C@@H](OC(=O)Nc3ccccc3)[C@H](OC(=O)Nc3ccccc3)[C@H]2OC(=O)Nc2ccccc2)[C@@H](OC(=O)Nc2ccccc2)[C@@H]1O[C@H]1O[C@H](COC(=O)Nc2ccccc2)[C@@H](OC(=O)Nc2ccccc2)[C@H](N)[C@H]1OC(=O)Nc1ccccc1.O=C(O)C(F)(F)F.O=C(O)C(F)(F)F.O=C(O)C(F)(F)F.O=C(O)C(F)(F)F. The number of amides is 9. The van der Waals surface area contributed by atoms with Crippen LogP contribution in [0.15, 0.2) is 243 Å². The van der Waals surface area contributed by atoms with E-state index in [4.69, 9.17) is 119 Å². The van der Waals surface area contributed by atoms with Crippen LogP contribution < -0.4 is 70.8 Å². The van der Waals surface area contributed by atoms with Gasteiger partial charge in [-0.3, -0.25) is 47.3 Å². The smallest absolute Gasteiger partial charge is 0.475 e. The molecule has 2 heterocycles. The molecule has 9 amide bonds. The minimum atomic E-state index is -5.08. The van der Waals surface area contributed by atoms with E-state index < -0.39 is 221 Å². The average molecular weight is 1990 g/mol. The zero-order chi connectivity index (χ0) is 103. The largest absolute Gasteiger partial charge is 0.490 e. The van der Waals surface area contributed by atoms with Gasteiger partial charge in [0, 0.05) is 64.5 Å². The van der Waals surface area contributed by atoms with Crippen molar-refractivity contribution in [2.24, 2.45) is 22.9 Å². The van der Waals surface area contributed by atoms with Gasteiger partial charge in [0.1, 0.15) is 31.0 Å². The minimum Gasteiger partial charge on any atom is -0.475 e. The molecule has 1 saturated carbocycles. The maximum absolute atomic E-state index is 15.2. The van der Waals surface area contributed by atoms with Gasteiger partial charge < -0.3 is 106 Å². The molecular formula is C86H87F12N13O29. The van der Waals surface area contributed by atoms with Crippen LogP contribution in [0.3, 0.4) is 0 Å². The number of carboxylic acids is 4. The van der Waals surface area contributed by atoms with Gasteiger partial charge in [-0.1, -0.05) is 146 Å². The second-order valence-corrected chi connectivity index (χ2v) is 28.5. The maximum Gasteiger partial charge on any atom is 0.490 e. The van der Waals surface area contributed by atoms with Crippen molar-refractivity contribution in [3.63, 3.8) is 0 Å². The first-order valence-electron chi connectivity index (χ1n) is 40.4. The number of halogens is 12. The van der Waals surface area contributed by atoms with Crippen molar-refractivity contribution in [3.8, 4) is 0 Å². The molecular weight excluding hydrogens is 1910 g/mol. The first-order valence-corrected chi connectivity index (χ1v) is 40.4. The van der Waals surface area contributed by atoms with Crippen LogP contribution >= 0.6 is 0 Å².